The van der Waals surface area contributed by atoms with Crippen LogP contribution in [0.4, 0.5) is 0 Å². The van der Waals surface area contributed by atoms with Gasteiger partial charge in [0.15, 0.2) is 0 Å². The zero-order chi connectivity index (χ0) is 15.4. The van der Waals surface area contributed by atoms with Crippen molar-refractivity contribution in [3.05, 3.63) is 48.3 Å². The molecule has 1 aliphatic heterocycles. The molecule has 1 aromatic carbocycles. The number of hydrogen-bond donors (Lipinski definition) is 2. The SMILES string of the molecule is O=C1CCC(C(=O)NCCc2ccc(-n3cccn3)cc2)N1. The van der Waals surface area contributed by atoms with Crippen LogP contribution >= 0.6 is 0 Å². The van der Waals surface area contributed by atoms with Crippen molar-refractivity contribution in [3.8, 4) is 5.69 Å². The molecule has 3 rings (SSSR count). The van der Waals surface area contributed by atoms with E-state index >= 15 is 0 Å². The first kappa shape index (κ1) is 14.3. The fourth-order valence-corrected chi connectivity index (χ4v) is 2.50. The van der Waals surface area contributed by atoms with Gasteiger partial charge in [-0.05, 0) is 36.6 Å². The molecule has 114 valence electrons. The van der Waals surface area contributed by atoms with Crippen molar-refractivity contribution in [1.29, 1.82) is 0 Å². The summed E-state index contributed by atoms with van der Waals surface area (Å²) in [4.78, 5) is 22.9. The Hall–Kier alpha value is -2.63. The summed E-state index contributed by atoms with van der Waals surface area (Å²) in [6.45, 7) is 0.562. The van der Waals surface area contributed by atoms with Gasteiger partial charge in [-0.3, -0.25) is 9.59 Å². The van der Waals surface area contributed by atoms with E-state index in [9.17, 15) is 9.59 Å². The van der Waals surface area contributed by atoms with E-state index in [2.05, 4.69) is 15.7 Å². The summed E-state index contributed by atoms with van der Waals surface area (Å²) in [7, 11) is 0. The smallest absolute Gasteiger partial charge is 0.242 e. The van der Waals surface area contributed by atoms with Crippen LogP contribution in [0.2, 0.25) is 0 Å². The maximum atomic E-state index is 11.9. The number of aromatic nitrogens is 2. The van der Waals surface area contributed by atoms with Crippen molar-refractivity contribution in [2.75, 3.05) is 6.54 Å². The maximum Gasteiger partial charge on any atom is 0.242 e. The van der Waals surface area contributed by atoms with Crippen LogP contribution in [-0.2, 0) is 16.0 Å². The van der Waals surface area contributed by atoms with Gasteiger partial charge in [0.1, 0.15) is 6.04 Å². The third-order valence-electron chi connectivity index (χ3n) is 3.73. The van der Waals surface area contributed by atoms with Crippen molar-refractivity contribution >= 4 is 11.8 Å². The van der Waals surface area contributed by atoms with Gasteiger partial charge in [-0.15, -0.1) is 0 Å². The molecule has 0 saturated carbocycles. The molecule has 1 aromatic heterocycles. The molecule has 1 unspecified atom stereocenters. The molecule has 1 saturated heterocycles. The molecule has 0 radical (unpaired) electrons. The highest BCUT2D eigenvalue weighted by atomic mass is 16.2. The molecule has 22 heavy (non-hydrogen) atoms. The fourth-order valence-electron chi connectivity index (χ4n) is 2.50. The standard InChI is InChI=1S/C16H18N4O2/c21-15-7-6-14(19-15)16(22)17-10-8-12-2-4-13(5-3-12)20-11-1-9-18-20/h1-5,9,11,14H,6-8,10H2,(H,17,22)(H,19,21). The van der Waals surface area contributed by atoms with Gasteiger partial charge in [0, 0.05) is 25.4 Å². The highest BCUT2D eigenvalue weighted by Gasteiger charge is 2.26. The van der Waals surface area contributed by atoms with Crippen LogP contribution in [0.5, 0.6) is 0 Å². The van der Waals surface area contributed by atoms with E-state index < -0.39 is 0 Å². The zero-order valence-electron chi connectivity index (χ0n) is 12.2. The Morgan fingerprint density at radius 3 is 2.82 bits per heavy atom. The summed E-state index contributed by atoms with van der Waals surface area (Å²) in [5, 5.41) is 9.71. The van der Waals surface area contributed by atoms with Crippen LogP contribution < -0.4 is 10.6 Å². The second kappa shape index (κ2) is 6.43. The molecule has 2 aromatic rings. The number of carbonyl (C=O) groups is 2. The molecule has 6 heteroatoms. The summed E-state index contributed by atoms with van der Waals surface area (Å²) in [6, 6.07) is 9.57. The van der Waals surface area contributed by atoms with Crippen molar-refractivity contribution in [1.82, 2.24) is 20.4 Å². The molecule has 1 atom stereocenters. The average molecular weight is 298 g/mol. The molecule has 0 aliphatic carbocycles. The summed E-state index contributed by atoms with van der Waals surface area (Å²) >= 11 is 0. The highest BCUT2D eigenvalue weighted by molar-refractivity contribution is 5.90. The third-order valence-corrected chi connectivity index (χ3v) is 3.73. The number of hydrogen-bond acceptors (Lipinski definition) is 3. The molecule has 2 heterocycles. The molecule has 2 amide bonds. The first-order valence-corrected chi connectivity index (χ1v) is 7.38. The second-order valence-electron chi connectivity index (χ2n) is 5.32. The predicted octanol–water partition coefficient (Wildman–Crippen LogP) is 0.810. The van der Waals surface area contributed by atoms with E-state index in [1.54, 1.807) is 10.9 Å². The molecule has 2 N–H and O–H groups in total. The normalized spacial score (nSPS) is 17.3. The number of nitrogens with zero attached hydrogens (tertiary/aromatic N) is 2. The van der Waals surface area contributed by atoms with Gasteiger partial charge in [0.25, 0.3) is 0 Å². The van der Waals surface area contributed by atoms with Gasteiger partial charge in [-0.25, -0.2) is 4.68 Å². The molecule has 1 fully saturated rings. The second-order valence-corrected chi connectivity index (χ2v) is 5.32. The molecular weight excluding hydrogens is 280 g/mol. The largest absolute Gasteiger partial charge is 0.354 e. The average Bonchev–Trinajstić information content (AvgIpc) is 3.19. The van der Waals surface area contributed by atoms with Gasteiger partial charge < -0.3 is 10.6 Å². The third kappa shape index (κ3) is 3.33. The Balaban J connectivity index is 1.47. The lowest BCUT2D eigenvalue weighted by molar-refractivity contribution is -0.125. The Morgan fingerprint density at radius 1 is 1.36 bits per heavy atom. The van der Waals surface area contributed by atoms with Gasteiger partial charge in [0.2, 0.25) is 11.8 Å². The van der Waals surface area contributed by atoms with Crippen LogP contribution in [0.1, 0.15) is 18.4 Å². The number of benzene rings is 1. The summed E-state index contributed by atoms with van der Waals surface area (Å²) in [5.41, 5.74) is 2.15. The lowest BCUT2D eigenvalue weighted by Crippen LogP contribution is -2.42. The van der Waals surface area contributed by atoms with Gasteiger partial charge >= 0.3 is 0 Å². The number of nitrogens with one attached hydrogen (secondary N) is 2. The van der Waals surface area contributed by atoms with E-state index in [1.165, 1.54) is 0 Å². The molecule has 0 bridgehead atoms. The minimum Gasteiger partial charge on any atom is -0.354 e. The minimum absolute atomic E-state index is 0.0469. The van der Waals surface area contributed by atoms with Gasteiger partial charge in [0.05, 0.1) is 5.69 Å². The lowest BCUT2D eigenvalue weighted by Gasteiger charge is -2.11. The Kier molecular flexibility index (Phi) is 4.18. The Bertz CT molecular complexity index is 649. The fraction of sp³-hybridized carbons (Fsp3) is 0.312. The molecular formula is C16H18N4O2. The molecule has 0 spiro atoms. The van der Waals surface area contributed by atoms with Crippen molar-refractivity contribution in [2.45, 2.75) is 25.3 Å². The molecule has 6 nitrogen and oxygen atoms in total. The Labute approximate surface area is 128 Å². The maximum absolute atomic E-state index is 11.9. The zero-order valence-corrected chi connectivity index (χ0v) is 12.2. The van der Waals surface area contributed by atoms with E-state index in [-0.39, 0.29) is 17.9 Å². The van der Waals surface area contributed by atoms with Gasteiger partial charge in [-0.1, -0.05) is 12.1 Å². The lowest BCUT2D eigenvalue weighted by atomic mass is 10.1. The van der Waals surface area contributed by atoms with Crippen LogP contribution in [0.25, 0.3) is 5.69 Å². The monoisotopic (exact) mass is 298 g/mol. The topological polar surface area (TPSA) is 76.0 Å². The van der Waals surface area contributed by atoms with Crippen LogP contribution in [0, 0.1) is 0 Å². The molecule has 1 aliphatic rings. The van der Waals surface area contributed by atoms with E-state index in [0.29, 0.717) is 19.4 Å². The van der Waals surface area contributed by atoms with E-state index in [1.807, 2.05) is 36.5 Å². The number of amides is 2. The number of rotatable bonds is 5. The summed E-state index contributed by atoms with van der Waals surface area (Å²) in [5.74, 6) is -0.145. The van der Waals surface area contributed by atoms with Crippen LogP contribution in [0.15, 0.2) is 42.7 Å². The Morgan fingerprint density at radius 2 is 2.18 bits per heavy atom. The first-order chi connectivity index (χ1) is 10.7. The number of carbonyl (C=O) groups excluding carboxylic acids is 2. The van der Waals surface area contributed by atoms with Gasteiger partial charge in [-0.2, -0.15) is 5.10 Å². The highest BCUT2D eigenvalue weighted by Crippen LogP contribution is 2.09. The van der Waals surface area contributed by atoms with Crippen LogP contribution in [0.3, 0.4) is 0 Å². The van der Waals surface area contributed by atoms with Crippen molar-refractivity contribution in [2.24, 2.45) is 0 Å². The van der Waals surface area contributed by atoms with E-state index in [0.717, 1.165) is 17.7 Å². The predicted molar refractivity (Wildman–Crippen MR) is 81.4 cm³/mol. The van der Waals surface area contributed by atoms with E-state index in [4.69, 9.17) is 0 Å². The first-order valence-electron chi connectivity index (χ1n) is 7.38. The van der Waals surface area contributed by atoms with Crippen LogP contribution in [-0.4, -0.2) is 34.2 Å². The van der Waals surface area contributed by atoms with Crippen molar-refractivity contribution < 1.29 is 9.59 Å². The van der Waals surface area contributed by atoms with Crippen molar-refractivity contribution in [3.63, 3.8) is 0 Å². The summed E-state index contributed by atoms with van der Waals surface area (Å²) in [6.07, 6.45) is 5.42. The quantitative estimate of drug-likeness (QED) is 0.857. The minimum atomic E-state index is -0.366. The summed E-state index contributed by atoms with van der Waals surface area (Å²) < 4.78 is 1.80.